The monoisotopic (exact) mass is 313 g/mol. The molecule has 0 radical (unpaired) electrons. The van der Waals surface area contributed by atoms with E-state index in [9.17, 15) is 9.90 Å². The van der Waals surface area contributed by atoms with Crippen LogP contribution < -0.4 is 0 Å². The number of benzene rings is 2. The van der Waals surface area contributed by atoms with Gasteiger partial charge in [0.25, 0.3) is 0 Å². The summed E-state index contributed by atoms with van der Waals surface area (Å²) >= 11 is 0. The van der Waals surface area contributed by atoms with Crippen LogP contribution in [-0.4, -0.2) is 25.4 Å². The number of hydrogen-bond donors (Lipinski definition) is 1. The van der Waals surface area contributed by atoms with Crippen LogP contribution in [0.15, 0.2) is 61.1 Å². The molecular weight excluding hydrogens is 302 g/mol. The number of para-hydroxylation sites is 1. The molecule has 5 aromatic rings. The van der Waals surface area contributed by atoms with Gasteiger partial charge in [0, 0.05) is 24.0 Å². The van der Waals surface area contributed by atoms with Crippen LogP contribution in [0.3, 0.4) is 0 Å². The second-order valence-electron chi connectivity index (χ2n) is 5.76. The molecule has 5 heteroatoms. The van der Waals surface area contributed by atoms with Crippen molar-refractivity contribution in [3.05, 3.63) is 66.6 Å². The van der Waals surface area contributed by atoms with Crippen molar-refractivity contribution in [3.8, 4) is 0 Å². The maximum absolute atomic E-state index is 11.5. The number of carboxylic acids is 1. The van der Waals surface area contributed by atoms with Crippen LogP contribution in [0.4, 0.5) is 0 Å². The topological polar surface area (TPSA) is 67.5 Å². The first kappa shape index (κ1) is 13.0. The lowest BCUT2D eigenvalue weighted by Gasteiger charge is -2.05. The number of fused-ring (bicyclic) bond motifs is 6. The van der Waals surface area contributed by atoms with E-state index >= 15 is 0 Å². The minimum Gasteiger partial charge on any atom is -0.478 e. The molecule has 3 aromatic heterocycles. The van der Waals surface area contributed by atoms with Gasteiger partial charge in [-0.15, -0.1) is 0 Å². The van der Waals surface area contributed by atoms with Crippen molar-refractivity contribution in [1.29, 1.82) is 0 Å². The zero-order valence-electron chi connectivity index (χ0n) is 12.5. The molecule has 0 unspecified atom stereocenters. The number of carboxylic acid groups (broad SMARTS) is 1. The summed E-state index contributed by atoms with van der Waals surface area (Å²) < 4.78 is 1.86. The molecule has 0 spiro atoms. The molecule has 0 fully saturated rings. The fourth-order valence-corrected chi connectivity index (χ4v) is 3.32. The van der Waals surface area contributed by atoms with Gasteiger partial charge in [0.15, 0.2) is 0 Å². The quantitative estimate of drug-likeness (QED) is 0.477. The van der Waals surface area contributed by atoms with Crippen molar-refractivity contribution in [2.75, 3.05) is 0 Å². The highest BCUT2D eigenvalue weighted by atomic mass is 16.4. The Morgan fingerprint density at radius 2 is 1.92 bits per heavy atom. The average Bonchev–Trinajstić information content (AvgIpc) is 2.97. The lowest BCUT2D eigenvalue weighted by Crippen LogP contribution is -1.99. The summed E-state index contributed by atoms with van der Waals surface area (Å²) in [5.74, 6) is -0.952. The van der Waals surface area contributed by atoms with Crippen molar-refractivity contribution in [1.82, 2.24) is 14.4 Å². The number of hydrogen-bond acceptors (Lipinski definition) is 3. The van der Waals surface area contributed by atoms with Gasteiger partial charge in [0.05, 0.1) is 16.6 Å². The molecule has 24 heavy (non-hydrogen) atoms. The Hall–Kier alpha value is -3.47. The summed E-state index contributed by atoms with van der Waals surface area (Å²) in [5, 5.41) is 13.7. The number of nitrogens with zero attached hydrogens (tertiary/aromatic N) is 3. The van der Waals surface area contributed by atoms with Gasteiger partial charge < -0.3 is 5.11 Å². The summed E-state index contributed by atoms with van der Waals surface area (Å²) in [7, 11) is 0. The van der Waals surface area contributed by atoms with Gasteiger partial charge in [0.1, 0.15) is 5.65 Å². The van der Waals surface area contributed by atoms with Gasteiger partial charge in [-0.25, -0.2) is 9.78 Å². The van der Waals surface area contributed by atoms with E-state index in [0.717, 1.165) is 27.2 Å². The van der Waals surface area contributed by atoms with Crippen LogP contribution in [0.5, 0.6) is 0 Å². The summed E-state index contributed by atoms with van der Waals surface area (Å²) in [6.07, 6.45) is 5.56. The molecule has 0 saturated carbocycles. The highest BCUT2D eigenvalue weighted by Gasteiger charge is 2.14. The maximum atomic E-state index is 11.5. The third-order valence-corrected chi connectivity index (χ3v) is 4.40. The molecule has 0 atom stereocenters. The molecule has 0 amide bonds. The molecule has 0 bridgehead atoms. The normalized spacial score (nSPS) is 11.7. The first-order valence-corrected chi connectivity index (χ1v) is 7.53. The first-order chi connectivity index (χ1) is 11.7. The van der Waals surface area contributed by atoms with Crippen molar-refractivity contribution in [3.63, 3.8) is 0 Å². The summed E-state index contributed by atoms with van der Waals surface area (Å²) in [5.41, 5.74) is 2.28. The van der Waals surface area contributed by atoms with E-state index in [1.165, 1.54) is 0 Å². The standard InChI is InChI=1S/C19H11N3O2/c23-19(24)14-2-1-3-16-18(14)22-10-12-5-4-11-9-20-7-6-13(11)15(12)8-17(22)21-16/h1-10H,(H,23,24). The molecule has 1 N–H and O–H groups in total. The highest BCUT2D eigenvalue weighted by molar-refractivity contribution is 6.09. The number of aromatic nitrogens is 3. The predicted octanol–water partition coefficient (Wildman–Crippen LogP) is 3.89. The van der Waals surface area contributed by atoms with Gasteiger partial charge >= 0.3 is 5.97 Å². The fraction of sp³-hybridized carbons (Fsp3) is 0. The third kappa shape index (κ3) is 1.66. The average molecular weight is 313 g/mol. The summed E-state index contributed by atoms with van der Waals surface area (Å²) in [6, 6.07) is 13.2. The largest absolute Gasteiger partial charge is 0.478 e. The first-order valence-electron chi connectivity index (χ1n) is 7.53. The molecule has 3 heterocycles. The van der Waals surface area contributed by atoms with Crippen molar-refractivity contribution >= 4 is 44.2 Å². The Labute approximate surface area is 135 Å². The van der Waals surface area contributed by atoms with Crippen molar-refractivity contribution in [2.45, 2.75) is 0 Å². The van der Waals surface area contributed by atoms with E-state index in [2.05, 4.69) is 9.97 Å². The number of aromatic carboxylic acids is 1. The molecular formula is C19H11N3O2. The van der Waals surface area contributed by atoms with E-state index < -0.39 is 5.97 Å². The van der Waals surface area contributed by atoms with Crippen LogP contribution in [0.2, 0.25) is 0 Å². The fourth-order valence-electron chi connectivity index (χ4n) is 3.32. The molecule has 2 aromatic carbocycles. The summed E-state index contributed by atoms with van der Waals surface area (Å²) in [4.78, 5) is 20.3. The van der Waals surface area contributed by atoms with Gasteiger partial charge in [-0.05, 0) is 40.4 Å². The number of pyridine rings is 2. The number of carbonyl (C=O) groups is 1. The van der Waals surface area contributed by atoms with Crippen LogP contribution in [0.25, 0.3) is 38.2 Å². The minimum absolute atomic E-state index is 0.254. The van der Waals surface area contributed by atoms with Crippen LogP contribution in [0, 0.1) is 0 Å². The molecule has 0 saturated heterocycles. The van der Waals surface area contributed by atoms with Crippen molar-refractivity contribution < 1.29 is 9.90 Å². The molecule has 0 aliphatic carbocycles. The molecule has 0 aliphatic rings. The summed E-state index contributed by atoms with van der Waals surface area (Å²) in [6.45, 7) is 0. The third-order valence-electron chi connectivity index (χ3n) is 4.40. The zero-order chi connectivity index (χ0) is 16.3. The zero-order valence-corrected chi connectivity index (χ0v) is 12.5. The highest BCUT2D eigenvalue weighted by Crippen LogP contribution is 2.28. The maximum Gasteiger partial charge on any atom is 0.337 e. The van der Waals surface area contributed by atoms with E-state index in [0.29, 0.717) is 11.0 Å². The predicted molar refractivity (Wildman–Crippen MR) is 92.5 cm³/mol. The second kappa shape index (κ2) is 4.52. The molecule has 5 nitrogen and oxygen atoms in total. The Bertz CT molecular complexity index is 1290. The molecule has 5 rings (SSSR count). The molecule has 0 aliphatic heterocycles. The number of imidazole rings is 1. The van der Waals surface area contributed by atoms with Crippen LogP contribution in [0.1, 0.15) is 10.4 Å². The lowest BCUT2D eigenvalue weighted by atomic mass is 10.1. The van der Waals surface area contributed by atoms with Crippen LogP contribution in [-0.2, 0) is 0 Å². The van der Waals surface area contributed by atoms with Gasteiger partial charge in [-0.3, -0.25) is 9.38 Å². The Balaban J connectivity index is 2.00. The molecule has 114 valence electrons. The van der Waals surface area contributed by atoms with Gasteiger partial charge in [-0.2, -0.15) is 0 Å². The minimum atomic E-state index is -0.952. The Morgan fingerprint density at radius 1 is 1.04 bits per heavy atom. The lowest BCUT2D eigenvalue weighted by molar-refractivity contribution is 0.0698. The van der Waals surface area contributed by atoms with E-state index in [-0.39, 0.29) is 5.56 Å². The van der Waals surface area contributed by atoms with Crippen molar-refractivity contribution in [2.24, 2.45) is 0 Å². The SMILES string of the molecule is O=C(O)c1cccc2nc3cc4c(ccc5cnccc54)cn3c12. The Kier molecular flexibility index (Phi) is 2.45. The van der Waals surface area contributed by atoms with E-state index in [1.807, 2.05) is 47.1 Å². The Morgan fingerprint density at radius 3 is 2.79 bits per heavy atom. The van der Waals surface area contributed by atoms with E-state index in [4.69, 9.17) is 0 Å². The van der Waals surface area contributed by atoms with Gasteiger partial charge in [0.2, 0.25) is 0 Å². The smallest absolute Gasteiger partial charge is 0.337 e. The van der Waals surface area contributed by atoms with Gasteiger partial charge in [-0.1, -0.05) is 18.2 Å². The second-order valence-corrected chi connectivity index (χ2v) is 5.76. The number of rotatable bonds is 1. The van der Waals surface area contributed by atoms with Crippen LogP contribution >= 0.6 is 0 Å². The van der Waals surface area contributed by atoms with E-state index in [1.54, 1.807) is 18.3 Å².